The number of hydrogen-bond acceptors (Lipinski definition) is 6. The van der Waals surface area contributed by atoms with Crippen LogP contribution in [0.4, 0.5) is 0 Å². The van der Waals surface area contributed by atoms with E-state index in [1.807, 2.05) is 32.0 Å². The van der Waals surface area contributed by atoms with Crippen molar-refractivity contribution in [2.75, 3.05) is 19.6 Å². The maximum atomic E-state index is 13.7. The Balaban J connectivity index is 1.57. The number of fused-ring (bicyclic) bond motifs is 1. The summed E-state index contributed by atoms with van der Waals surface area (Å²) in [6.07, 6.45) is 0.899. The number of aromatic nitrogens is 1. The Hall–Kier alpha value is -3.12. The molecule has 1 aromatic heterocycles. The number of rotatable bonds is 9. The number of ether oxygens (including phenoxy) is 1. The van der Waals surface area contributed by atoms with Crippen LogP contribution < -0.4 is 21.1 Å². The summed E-state index contributed by atoms with van der Waals surface area (Å²) in [5.74, 6) is -0.118. The van der Waals surface area contributed by atoms with E-state index in [9.17, 15) is 13.2 Å². The molecule has 13 heteroatoms. The fraction of sp³-hybridized carbons (Fsp3) is 0.346. The van der Waals surface area contributed by atoms with Crippen LogP contribution in [0.25, 0.3) is 10.9 Å². The van der Waals surface area contributed by atoms with Crippen molar-refractivity contribution in [3.05, 3.63) is 63.3 Å². The van der Waals surface area contributed by atoms with Crippen molar-refractivity contribution in [3.8, 4) is 5.75 Å². The minimum absolute atomic E-state index is 0.0558. The number of nitrogens with one attached hydrogen (secondary N) is 3. The number of benzene rings is 2. The van der Waals surface area contributed by atoms with E-state index < -0.39 is 22.0 Å². The van der Waals surface area contributed by atoms with Gasteiger partial charge in [-0.3, -0.25) is 10.2 Å². The van der Waals surface area contributed by atoms with Gasteiger partial charge in [0, 0.05) is 41.3 Å². The van der Waals surface area contributed by atoms with Crippen LogP contribution in [0.3, 0.4) is 0 Å². The number of pyridine rings is 1. The Morgan fingerprint density at radius 3 is 2.69 bits per heavy atom. The van der Waals surface area contributed by atoms with E-state index >= 15 is 0 Å². The zero-order chi connectivity index (χ0) is 28.3. The van der Waals surface area contributed by atoms with Crippen LogP contribution in [0.2, 0.25) is 10.0 Å². The molecule has 2 aromatic carbocycles. The topological polar surface area (TPSA) is 150 Å². The normalized spacial score (nSPS) is 15.8. The number of carbonyl (C=O) groups excluding carboxylic acids is 1. The van der Waals surface area contributed by atoms with Crippen molar-refractivity contribution in [3.63, 3.8) is 0 Å². The van der Waals surface area contributed by atoms with Gasteiger partial charge < -0.3 is 21.1 Å². The van der Waals surface area contributed by atoms with E-state index in [1.54, 1.807) is 6.07 Å². The van der Waals surface area contributed by atoms with Gasteiger partial charge in [-0.15, -0.1) is 0 Å². The molecule has 1 aliphatic heterocycles. The summed E-state index contributed by atoms with van der Waals surface area (Å²) in [4.78, 5) is 17.3. The summed E-state index contributed by atoms with van der Waals surface area (Å²) >= 11 is 13.1. The lowest BCUT2D eigenvalue weighted by atomic mass is 10.1. The van der Waals surface area contributed by atoms with Crippen molar-refractivity contribution in [1.29, 1.82) is 5.41 Å². The van der Waals surface area contributed by atoms with Crippen LogP contribution in [-0.4, -0.2) is 55.2 Å². The number of nitrogens with zero attached hydrogens (tertiary/aromatic N) is 2. The summed E-state index contributed by atoms with van der Waals surface area (Å²) in [6.45, 7) is 4.43. The molecule has 1 amide bonds. The van der Waals surface area contributed by atoms with Gasteiger partial charge in [-0.05, 0) is 56.5 Å². The molecule has 0 bridgehead atoms. The molecule has 5 N–H and O–H groups in total. The number of guanidine groups is 1. The molecule has 0 spiro atoms. The lowest BCUT2D eigenvalue weighted by molar-refractivity contribution is -0.124. The number of nitrogens with two attached hydrogens (primary N) is 1. The van der Waals surface area contributed by atoms with Crippen molar-refractivity contribution in [2.24, 2.45) is 5.73 Å². The predicted molar refractivity (Wildman–Crippen MR) is 152 cm³/mol. The largest absolute Gasteiger partial charge is 0.487 e. The average molecular weight is 594 g/mol. The second-order valence-corrected chi connectivity index (χ2v) is 11.9. The van der Waals surface area contributed by atoms with Gasteiger partial charge in [-0.25, -0.2) is 13.4 Å². The van der Waals surface area contributed by atoms with Crippen LogP contribution >= 0.6 is 23.2 Å². The number of halogens is 2. The lowest BCUT2D eigenvalue weighted by Crippen LogP contribution is -2.47. The van der Waals surface area contributed by atoms with Gasteiger partial charge in [0.25, 0.3) is 0 Å². The first-order valence-corrected chi connectivity index (χ1v) is 14.5. The molecule has 1 atom stereocenters. The molecular formula is C26H30Cl2N6O4S. The second-order valence-electron chi connectivity index (χ2n) is 9.26. The Kier molecular flexibility index (Phi) is 8.85. The van der Waals surface area contributed by atoms with E-state index in [0.717, 1.165) is 16.6 Å². The minimum atomic E-state index is -4.13. The molecule has 1 saturated heterocycles. The maximum absolute atomic E-state index is 13.7. The van der Waals surface area contributed by atoms with Crippen molar-refractivity contribution < 1.29 is 17.9 Å². The molecular weight excluding hydrogens is 563 g/mol. The second kappa shape index (κ2) is 12.0. The highest BCUT2D eigenvalue weighted by Gasteiger charge is 2.40. The van der Waals surface area contributed by atoms with Crippen LogP contribution in [0, 0.1) is 19.3 Å². The first kappa shape index (κ1) is 28.9. The average Bonchev–Trinajstić information content (AvgIpc) is 3.37. The highest BCUT2D eigenvalue weighted by atomic mass is 35.5. The zero-order valence-electron chi connectivity index (χ0n) is 21.6. The van der Waals surface area contributed by atoms with E-state index in [-0.39, 0.29) is 47.1 Å². The Labute approximate surface area is 237 Å². The third-order valence-electron chi connectivity index (χ3n) is 6.49. The monoisotopic (exact) mass is 592 g/mol. The predicted octanol–water partition coefficient (Wildman–Crippen LogP) is 3.49. The molecule has 1 fully saturated rings. The minimum Gasteiger partial charge on any atom is -0.487 e. The lowest BCUT2D eigenvalue weighted by Gasteiger charge is -2.24. The fourth-order valence-corrected chi connectivity index (χ4v) is 7.17. The van der Waals surface area contributed by atoms with Gasteiger partial charge >= 0.3 is 0 Å². The standard InChI is InChI=1S/C26H30Cl2N6O4S/c1-15-13-16(2)33-24-17(15)5-3-7-21(24)38-14-18-19(27)8-9-22(23(18)28)39(36,37)34-12-4-6-20(34)25(35)31-10-11-32-26(29)30/h3,5,7-9,13,20H,4,6,10-12,14H2,1-2H3,(H,31,35)(H4,29,30,32)/t20-/m0/s1. The third kappa shape index (κ3) is 6.22. The smallest absolute Gasteiger partial charge is 0.245 e. The molecule has 0 radical (unpaired) electrons. The molecule has 0 aliphatic carbocycles. The summed E-state index contributed by atoms with van der Waals surface area (Å²) in [6, 6.07) is 9.53. The quantitative estimate of drug-likeness (QED) is 0.169. The summed E-state index contributed by atoms with van der Waals surface area (Å²) in [5, 5.41) is 13.6. The first-order chi connectivity index (χ1) is 18.5. The first-order valence-electron chi connectivity index (χ1n) is 12.3. The summed E-state index contributed by atoms with van der Waals surface area (Å²) in [7, 11) is -4.13. The molecule has 0 saturated carbocycles. The highest BCUT2D eigenvalue weighted by Crippen LogP contribution is 2.36. The van der Waals surface area contributed by atoms with E-state index in [4.69, 9.17) is 39.1 Å². The number of hydrogen-bond donors (Lipinski definition) is 4. The van der Waals surface area contributed by atoms with Gasteiger partial charge in [0.15, 0.2) is 5.96 Å². The number of aryl methyl sites for hydroxylation is 2. The van der Waals surface area contributed by atoms with Gasteiger partial charge in [0.2, 0.25) is 15.9 Å². The molecule has 3 aromatic rings. The Morgan fingerprint density at radius 1 is 1.21 bits per heavy atom. The zero-order valence-corrected chi connectivity index (χ0v) is 23.9. The molecule has 39 heavy (non-hydrogen) atoms. The fourth-order valence-electron chi connectivity index (χ4n) is 4.65. The molecule has 208 valence electrons. The van der Waals surface area contributed by atoms with Crippen LogP contribution in [0.5, 0.6) is 5.75 Å². The van der Waals surface area contributed by atoms with Crippen LogP contribution in [0.15, 0.2) is 41.3 Å². The van der Waals surface area contributed by atoms with Crippen LogP contribution in [-0.2, 0) is 21.4 Å². The SMILES string of the molecule is Cc1cc(C)c2cccc(OCc3c(Cl)ccc(S(=O)(=O)N4CCC[C@H]4C(=O)NCCNC(=N)N)c3Cl)c2n1. The Morgan fingerprint density at radius 2 is 1.95 bits per heavy atom. The van der Waals surface area contributed by atoms with Gasteiger partial charge in [-0.1, -0.05) is 35.3 Å². The van der Waals surface area contributed by atoms with Crippen molar-refractivity contribution in [2.45, 2.75) is 44.2 Å². The van der Waals surface area contributed by atoms with Gasteiger partial charge in [0.05, 0.1) is 5.02 Å². The van der Waals surface area contributed by atoms with E-state index in [1.165, 1.54) is 16.4 Å². The van der Waals surface area contributed by atoms with Crippen molar-refractivity contribution in [1.82, 2.24) is 19.9 Å². The molecule has 2 heterocycles. The molecule has 4 rings (SSSR count). The van der Waals surface area contributed by atoms with Gasteiger partial charge in [0.1, 0.15) is 28.8 Å². The van der Waals surface area contributed by atoms with Gasteiger partial charge in [-0.2, -0.15) is 4.31 Å². The molecule has 0 unspecified atom stereocenters. The molecule has 1 aliphatic rings. The van der Waals surface area contributed by atoms with Crippen molar-refractivity contribution >= 4 is 56.0 Å². The van der Waals surface area contributed by atoms with E-state index in [2.05, 4.69) is 15.6 Å². The number of para-hydroxylation sites is 1. The highest BCUT2D eigenvalue weighted by molar-refractivity contribution is 7.89. The summed E-state index contributed by atoms with van der Waals surface area (Å²) in [5.41, 5.74) is 8.16. The number of sulfonamides is 1. The molecule has 10 nitrogen and oxygen atoms in total. The van der Waals surface area contributed by atoms with E-state index in [0.29, 0.717) is 29.7 Å². The summed E-state index contributed by atoms with van der Waals surface area (Å²) < 4.78 is 34.6. The third-order valence-corrected chi connectivity index (χ3v) is 9.34. The van der Waals surface area contributed by atoms with Crippen LogP contribution in [0.1, 0.15) is 29.7 Å². The number of amides is 1. The number of carbonyl (C=O) groups is 1. The maximum Gasteiger partial charge on any atom is 0.245 e. The Bertz CT molecular complexity index is 1530.